The highest BCUT2D eigenvalue weighted by Crippen LogP contribution is 2.15. The van der Waals surface area contributed by atoms with Gasteiger partial charge in [-0.3, -0.25) is 4.90 Å². The summed E-state index contributed by atoms with van der Waals surface area (Å²) in [6.07, 6.45) is 1.01. The monoisotopic (exact) mass is 233 g/mol. The van der Waals surface area contributed by atoms with E-state index in [0.717, 1.165) is 0 Å². The molecule has 0 spiro atoms. The normalized spacial score (nSPS) is 10.5. The fourth-order valence-corrected chi connectivity index (χ4v) is 1.09. The molecule has 1 amide bonds. The molecule has 0 saturated carbocycles. The molecule has 1 aromatic heterocycles. The molecule has 0 aliphatic rings. The average Bonchev–Trinajstić information content (AvgIpc) is 2.26. The van der Waals surface area contributed by atoms with Crippen molar-refractivity contribution in [1.29, 1.82) is 5.26 Å². The number of amides is 1. The molecule has 1 aromatic rings. The van der Waals surface area contributed by atoms with Gasteiger partial charge in [-0.15, -0.1) is 0 Å². The van der Waals surface area contributed by atoms with Gasteiger partial charge in [-0.2, -0.15) is 5.26 Å². The number of pyridine rings is 1. The first-order chi connectivity index (χ1) is 7.83. The van der Waals surface area contributed by atoms with E-state index in [0.29, 0.717) is 11.4 Å². The number of rotatable bonds is 1. The second-order valence-corrected chi connectivity index (χ2v) is 4.55. The molecule has 0 N–H and O–H groups in total. The minimum Gasteiger partial charge on any atom is -0.443 e. The maximum Gasteiger partial charge on any atom is 0.414 e. The molecule has 0 fully saturated rings. The summed E-state index contributed by atoms with van der Waals surface area (Å²) in [6, 6.07) is 5.11. The van der Waals surface area contributed by atoms with Crippen LogP contribution in [0.3, 0.4) is 0 Å². The van der Waals surface area contributed by atoms with Crippen molar-refractivity contribution in [3.05, 3.63) is 24.0 Å². The third kappa shape index (κ3) is 3.76. The molecule has 0 unspecified atom stereocenters. The van der Waals surface area contributed by atoms with Crippen LogP contribution >= 0.6 is 0 Å². The van der Waals surface area contributed by atoms with Crippen LogP contribution in [0.5, 0.6) is 0 Å². The minimum atomic E-state index is -0.536. The summed E-state index contributed by atoms with van der Waals surface area (Å²) in [4.78, 5) is 17.0. The minimum absolute atomic E-state index is 0.311. The lowest BCUT2D eigenvalue weighted by atomic mass is 10.2. The van der Waals surface area contributed by atoms with Crippen LogP contribution in [0.1, 0.15) is 26.5 Å². The van der Waals surface area contributed by atoms with E-state index in [2.05, 4.69) is 4.98 Å². The van der Waals surface area contributed by atoms with Gasteiger partial charge in [0.1, 0.15) is 17.4 Å². The van der Waals surface area contributed by atoms with Crippen LogP contribution in [0.4, 0.5) is 10.5 Å². The van der Waals surface area contributed by atoms with Gasteiger partial charge >= 0.3 is 6.09 Å². The largest absolute Gasteiger partial charge is 0.443 e. The van der Waals surface area contributed by atoms with Crippen LogP contribution in [0.25, 0.3) is 0 Å². The lowest BCUT2D eigenvalue weighted by molar-refractivity contribution is 0.0589. The number of carbonyl (C=O) groups excluding carboxylic acids is 1. The van der Waals surface area contributed by atoms with Gasteiger partial charge in [-0.05, 0) is 32.9 Å². The van der Waals surface area contributed by atoms with E-state index in [1.807, 2.05) is 6.07 Å². The standard InChI is InChI=1S/C12H15N3O2/c1-12(2,3)17-11(16)15(4)10-6-5-9(7-13)14-8-10/h5-6,8H,1-4H3. The zero-order valence-electron chi connectivity index (χ0n) is 10.4. The number of nitriles is 1. The van der Waals surface area contributed by atoms with Gasteiger partial charge in [0, 0.05) is 7.05 Å². The van der Waals surface area contributed by atoms with E-state index in [9.17, 15) is 4.79 Å². The Balaban J connectivity index is 2.79. The van der Waals surface area contributed by atoms with Crippen molar-refractivity contribution in [1.82, 2.24) is 4.98 Å². The molecule has 0 aromatic carbocycles. The topological polar surface area (TPSA) is 66.2 Å². The van der Waals surface area contributed by atoms with E-state index in [1.54, 1.807) is 40.0 Å². The predicted molar refractivity (Wildman–Crippen MR) is 63.6 cm³/mol. The van der Waals surface area contributed by atoms with Crippen molar-refractivity contribution < 1.29 is 9.53 Å². The number of carbonyl (C=O) groups is 1. The summed E-state index contributed by atoms with van der Waals surface area (Å²) < 4.78 is 5.20. The van der Waals surface area contributed by atoms with Crippen LogP contribution in [0.15, 0.2) is 18.3 Å². The Labute approximate surface area is 101 Å². The SMILES string of the molecule is CN(C(=O)OC(C)(C)C)c1ccc(C#N)nc1. The number of hydrogen-bond donors (Lipinski definition) is 0. The highest BCUT2D eigenvalue weighted by molar-refractivity contribution is 5.86. The van der Waals surface area contributed by atoms with Gasteiger partial charge in [0.2, 0.25) is 0 Å². The highest BCUT2D eigenvalue weighted by atomic mass is 16.6. The first-order valence-electron chi connectivity index (χ1n) is 5.16. The van der Waals surface area contributed by atoms with Crippen molar-refractivity contribution >= 4 is 11.8 Å². The van der Waals surface area contributed by atoms with Crippen molar-refractivity contribution in [3.8, 4) is 6.07 Å². The van der Waals surface area contributed by atoms with Crippen LogP contribution in [-0.4, -0.2) is 23.7 Å². The van der Waals surface area contributed by atoms with E-state index < -0.39 is 11.7 Å². The Morgan fingerprint density at radius 2 is 2.12 bits per heavy atom. The predicted octanol–water partition coefficient (Wildman–Crippen LogP) is 2.32. The summed E-state index contributed by atoms with van der Waals surface area (Å²) in [7, 11) is 1.59. The van der Waals surface area contributed by atoms with Crippen LogP contribution < -0.4 is 4.90 Å². The molecule has 0 atom stereocenters. The molecule has 0 aliphatic heterocycles. The molecule has 1 rings (SSSR count). The van der Waals surface area contributed by atoms with E-state index >= 15 is 0 Å². The molecule has 90 valence electrons. The average molecular weight is 233 g/mol. The lowest BCUT2D eigenvalue weighted by Crippen LogP contribution is -2.34. The highest BCUT2D eigenvalue weighted by Gasteiger charge is 2.20. The third-order valence-electron chi connectivity index (χ3n) is 1.92. The number of anilines is 1. The molecular formula is C12H15N3O2. The Bertz CT molecular complexity index is 440. The van der Waals surface area contributed by atoms with Crippen LogP contribution in [0, 0.1) is 11.3 Å². The quantitative estimate of drug-likeness (QED) is 0.746. The molecule has 0 bridgehead atoms. The van der Waals surface area contributed by atoms with Gasteiger partial charge in [-0.1, -0.05) is 0 Å². The van der Waals surface area contributed by atoms with Gasteiger partial charge in [0.25, 0.3) is 0 Å². The Hall–Kier alpha value is -2.09. The number of ether oxygens (including phenoxy) is 1. The van der Waals surface area contributed by atoms with Gasteiger partial charge < -0.3 is 4.74 Å². The Morgan fingerprint density at radius 1 is 1.47 bits per heavy atom. The summed E-state index contributed by atoms with van der Waals surface area (Å²) in [5, 5.41) is 8.61. The third-order valence-corrected chi connectivity index (χ3v) is 1.92. The number of nitrogens with zero attached hydrogens (tertiary/aromatic N) is 3. The first kappa shape index (κ1) is 13.0. The molecule has 0 saturated heterocycles. The molecule has 0 aliphatic carbocycles. The van der Waals surface area contributed by atoms with Crippen LogP contribution in [0.2, 0.25) is 0 Å². The fourth-order valence-electron chi connectivity index (χ4n) is 1.09. The molecule has 5 nitrogen and oxygen atoms in total. The second kappa shape index (κ2) is 4.83. The number of hydrogen-bond acceptors (Lipinski definition) is 4. The molecular weight excluding hydrogens is 218 g/mol. The van der Waals surface area contributed by atoms with Gasteiger partial charge in [0.05, 0.1) is 11.9 Å². The summed E-state index contributed by atoms with van der Waals surface area (Å²) in [6.45, 7) is 5.40. The van der Waals surface area contributed by atoms with Gasteiger partial charge in [0.15, 0.2) is 0 Å². The summed E-state index contributed by atoms with van der Waals surface area (Å²) in [5.74, 6) is 0. The van der Waals surface area contributed by atoms with E-state index in [-0.39, 0.29) is 0 Å². The van der Waals surface area contributed by atoms with Crippen molar-refractivity contribution in [2.75, 3.05) is 11.9 Å². The van der Waals surface area contributed by atoms with Crippen LogP contribution in [-0.2, 0) is 4.74 Å². The Kier molecular flexibility index (Phi) is 3.69. The first-order valence-corrected chi connectivity index (χ1v) is 5.16. The maximum atomic E-state index is 11.7. The number of aromatic nitrogens is 1. The van der Waals surface area contributed by atoms with E-state index in [1.165, 1.54) is 11.1 Å². The van der Waals surface area contributed by atoms with Crippen molar-refractivity contribution in [2.24, 2.45) is 0 Å². The van der Waals surface area contributed by atoms with Gasteiger partial charge in [-0.25, -0.2) is 9.78 Å². The van der Waals surface area contributed by atoms with E-state index in [4.69, 9.17) is 10.00 Å². The molecule has 17 heavy (non-hydrogen) atoms. The maximum absolute atomic E-state index is 11.7. The van der Waals surface area contributed by atoms with Crippen molar-refractivity contribution in [2.45, 2.75) is 26.4 Å². The zero-order valence-corrected chi connectivity index (χ0v) is 10.4. The molecule has 1 heterocycles. The van der Waals surface area contributed by atoms with Crippen molar-refractivity contribution in [3.63, 3.8) is 0 Å². The summed E-state index contributed by atoms with van der Waals surface area (Å²) in [5.41, 5.74) is 0.357. The lowest BCUT2D eigenvalue weighted by Gasteiger charge is -2.24. The molecule has 5 heteroatoms. The second-order valence-electron chi connectivity index (χ2n) is 4.55. The fraction of sp³-hybridized carbons (Fsp3) is 0.417. The summed E-state index contributed by atoms with van der Waals surface area (Å²) >= 11 is 0. The zero-order chi connectivity index (χ0) is 13.1. The molecule has 0 radical (unpaired) electrons. The Morgan fingerprint density at radius 3 is 2.53 bits per heavy atom. The smallest absolute Gasteiger partial charge is 0.414 e.